The van der Waals surface area contributed by atoms with Gasteiger partial charge >= 0.3 is 0 Å². The van der Waals surface area contributed by atoms with E-state index in [4.69, 9.17) is 4.74 Å². The first-order valence-electron chi connectivity index (χ1n) is 7.09. The molecule has 0 bridgehead atoms. The standard InChI is InChI=1S/C15H26N2O3S/c1-6-21(18,19)17-14-9-7-13(8-10-14)16-12(2)11-15(3,4)20-5/h7-10,12,16-17H,6,11H2,1-5H3. The predicted octanol–water partition coefficient (Wildman–Crippen LogP) is 3.06. The van der Waals surface area contributed by atoms with Gasteiger partial charge in [-0.2, -0.15) is 0 Å². The topological polar surface area (TPSA) is 67.4 Å². The van der Waals surface area contributed by atoms with Crippen LogP contribution in [0.2, 0.25) is 0 Å². The van der Waals surface area contributed by atoms with Crippen molar-refractivity contribution >= 4 is 21.4 Å². The summed E-state index contributed by atoms with van der Waals surface area (Å²) in [7, 11) is -1.51. The van der Waals surface area contributed by atoms with Crippen LogP contribution in [-0.4, -0.2) is 32.9 Å². The molecule has 0 radical (unpaired) electrons. The Kier molecular flexibility index (Phi) is 6.04. The third kappa shape index (κ3) is 6.35. The Morgan fingerprint density at radius 3 is 2.19 bits per heavy atom. The summed E-state index contributed by atoms with van der Waals surface area (Å²) in [5.74, 6) is 0.0656. The Labute approximate surface area is 128 Å². The molecule has 21 heavy (non-hydrogen) atoms. The normalized spacial score (nSPS) is 13.8. The van der Waals surface area contributed by atoms with Crippen LogP contribution >= 0.6 is 0 Å². The minimum absolute atomic E-state index is 0.0656. The van der Waals surface area contributed by atoms with Gasteiger partial charge in [-0.1, -0.05) is 0 Å². The molecule has 1 atom stereocenters. The van der Waals surface area contributed by atoms with Gasteiger partial charge in [-0.15, -0.1) is 0 Å². The molecule has 0 amide bonds. The van der Waals surface area contributed by atoms with Crippen LogP contribution in [0.15, 0.2) is 24.3 Å². The Hall–Kier alpha value is -1.27. The van der Waals surface area contributed by atoms with Crippen molar-refractivity contribution in [1.82, 2.24) is 0 Å². The lowest BCUT2D eigenvalue weighted by Crippen LogP contribution is -2.31. The molecule has 0 heterocycles. The number of methoxy groups -OCH3 is 1. The largest absolute Gasteiger partial charge is 0.382 e. The molecular formula is C15H26N2O3S. The van der Waals surface area contributed by atoms with Crippen molar-refractivity contribution in [3.05, 3.63) is 24.3 Å². The second-order valence-corrected chi connectivity index (χ2v) is 7.81. The van der Waals surface area contributed by atoms with Crippen molar-refractivity contribution < 1.29 is 13.2 Å². The number of benzene rings is 1. The van der Waals surface area contributed by atoms with Gasteiger partial charge in [0.1, 0.15) is 0 Å². The van der Waals surface area contributed by atoms with Crippen LogP contribution in [0.25, 0.3) is 0 Å². The summed E-state index contributed by atoms with van der Waals surface area (Å²) in [4.78, 5) is 0. The second kappa shape index (κ2) is 7.13. The van der Waals surface area contributed by atoms with Gasteiger partial charge in [0.05, 0.1) is 11.4 Å². The zero-order chi connectivity index (χ0) is 16.1. The molecule has 6 heteroatoms. The van der Waals surface area contributed by atoms with Crippen molar-refractivity contribution in [3.63, 3.8) is 0 Å². The van der Waals surface area contributed by atoms with Gasteiger partial charge in [0.15, 0.2) is 0 Å². The first-order chi connectivity index (χ1) is 9.67. The molecule has 2 N–H and O–H groups in total. The predicted molar refractivity (Wildman–Crippen MR) is 88.3 cm³/mol. The number of sulfonamides is 1. The molecule has 1 unspecified atom stereocenters. The molecule has 0 aromatic heterocycles. The lowest BCUT2D eigenvalue weighted by molar-refractivity contribution is 0.0128. The van der Waals surface area contributed by atoms with Crippen LogP contribution in [0.5, 0.6) is 0 Å². The first kappa shape index (κ1) is 17.8. The third-order valence-electron chi connectivity index (χ3n) is 3.30. The van der Waals surface area contributed by atoms with Gasteiger partial charge in [0, 0.05) is 24.5 Å². The maximum atomic E-state index is 11.5. The molecule has 5 nitrogen and oxygen atoms in total. The molecule has 0 saturated carbocycles. The lowest BCUT2D eigenvalue weighted by Gasteiger charge is -2.27. The van der Waals surface area contributed by atoms with Gasteiger partial charge in [-0.3, -0.25) is 4.72 Å². The van der Waals surface area contributed by atoms with E-state index in [1.807, 2.05) is 26.0 Å². The molecule has 0 aliphatic carbocycles. The van der Waals surface area contributed by atoms with E-state index < -0.39 is 10.0 Å². The van der Waals surface area contributed by atoms with Gasteiger partial charge in [-0.05, 0) is 58.4 Å². The fraction of sp³-hybridized carbons (Fsp3) is 0.600. The Morgan fingerprint density at radius 1 is 1.19 bits per heavy atom. The van der Waals surface area contributed by atoms with Crippen LogP contribution in [0.3, 0.4) is 0 Å². The van der Waals surface area contributed by atoms with Gasteiger partial charge < -0.3 is 10.1 Å². The van der Waals surface area contributed by atoms with Crippen LogP contribution < -0.4 is 10.0 Å². The fourth-order valence-electron chi connectivity index (χ4n) is 2.04. The zero-order valence-corrected chi connectivity index (χ0v) is 14.3. The lowest BCUT2D eigenvalue weighted by atomic mass is 10.00. The number of nitrogens with one attached hydrogen (secondary N) is 2. The van der Waals surface area contributed by atoms with E-state index in [1.165, 1.54) is 0 Å². The van der Waals surface area contributed by atoms with Crippen molar-refractivity contribution in [2.75, 3.05) is 22.9 Å². The highest BCUT2D eigenvalue weighted by Gasteiger charge is 2.20. The SMILES string of the molecule is CCS(=O)(=O)Nc1ccc(NC(C)CC(C)(C)OC)cc1. The maximum Gasteiger partial charge on any atom is 0.232 e. The fourth-order valence-corrected chi connectivity index (χ4v) is 2.68. The number of anilines is 2. The van der Waals surface area contributed by atoms with Gasteiger partial charge in [0.2, 0.25) is 10.0 Å². The van der Waals surface area contributed by atoms with Crippen molar-refractivity contribution in [2.24, 2.45) is 0 Å². The molecule has 1 rings (SSSR count). The van der Waals surface area contributed by atoms with Crippen molar-refractivity contribution in [3.8, 4) is 0 Å². The van der Waals surface area contributed by atoms with E-state index in [2.05, 4.69) is 17.0 Å². The van der Waals surface area contributed by atoms with E-state index in [1.54, 1.807) is 26.2 Å². The van der Waals surface area contributed by atoms with Crippen LogP contribution in [-0.2, 0) is 14.8 Å². The Balaban J connectivity index is 2.63. The average molecular weight is 314 g/mol. The third-order valence-corrected chi connectivity index (χ3v) is 4.61. The number of hydrogen-bond donors (Lipinski definition) is 2. The average Bonchev–Trinajstić information content (AvgIpc) is 2.40. The molecular weight excluding hydrogens is 288 g/mol. The maximum absolute atomic E-state index is 11.5. The number of rotatable bonds is 8. The highest BCUT2D eigenvalue weighted by atomic mass is 32.2. The summed E-state index contributed by atoms with van der Waals surface area (Å²) in [6.45, 7) is 7.80. The monoisotopic (exact) mass is 314 g/mol. The van der Waals surface area contributed by atoms with Crippen molar-refractivity contribution in [2.45, 2.75) is 45.8 Å². The molecule has 1 aromatic carbocycles. The molecule has 120 valence electrons. The minimum atomic E-state index is -3.22. The smallest absolute Gasteiger partial charge is 0.232 e. The molecule has 0 aliphatic rings. The van der Waals surface area contributed by atoms with E-state index in [0.29, 0.717) is 5.69 Å². The summed E-state index contributed by atoms with van der Waals surface area (Å²) in [5, 5.41) is 3.38. The number of hydrogen-bond acceptors (Lipinski definition) is 4. The van der Waals surface area contributed by atoms with Crippen LogP contribution in [0, 0.1) is 0 Å². The molecule has 0 aliphatic heterocycles. The summed E-state index contributed by atoms with van der Waals surface area (Å²) in [6.07, 6.45) is 0.869. The van der Waals surface area contributed by atoms with E-state index in [0.717, 1.165) is 12.1 Å². The van der Waals surface area contributed by atoms with E-state index in [-0.39, 0.29) is 17.4 Å². The molecule has 0 saturated heterocycles. The molecule has 0 spiro atoms. The van der Waals surface area contributed by atoms with E-state index >= 15 is 0 Å². The zero-order valence-electron chi connectivity index (χ0n) is 13.4. The highest BCUT2D eigenvalue weighted by molar-refractivity contribution is 7.92. The summed E-state index contributed by atoms with van der Waals surface area (Å²) in [5.41, 5.74) is 1.35. The van der Waals surface area contributed by atoms with Gasteiger partial charge in [0.25, 0.3) is 0 Å². The van der Waals surface area contributed by atoms with Crippen LogP contribution in [0.4, 0.5) is 11.4 Å². The molecule has 1 aromatic rings. The first-order valence-corrected chi connectivity index (χ1v) is 8.75. The summed E-state index contributed by atoms with van der Waals surface area (Å²) in [6, 6.07) is 7.49. The molecule has 0 fully saturated rings. The Bertz CT molecular complexity index is 539. The quantitative estimate of drug-likeness (QED) is 0.774. The number of ether oxygens (including phenoxy) is 1. The van der Waals surface area contributed by atoms with E-state index in [9.17, 15) is 8.42 Å². The minimum Gasteiger partial charge on any atom is -0.382 e. The van der Waals surface area contributed by atoms with Crippen molar-refractivity contribution in [1.29, 1.82) is 0 Å². The highest BCUT2D eigenvalue weighted by Crippen LogP contribution is 2.20. The summed E-state index contributed by atoms with van der Waals surface area (Å²) < 4.78 is 30.9. The second-order valence-electron chi connectivity index (χ2n) is 5.80. The summed E-state index contributed by atoms with van der Waals surface area (Å²) >= 11 is 0. The van der Waals surface area contributed by atoms with Crippen LogP contribution in [0.1, 0.15) is 34.1 Å². The van der Waals surface area contributed by atoms with Gasteiger partial charge in [-0.25, -0.2) is 8.42 Å². The Morgan fingerprint density at radius 2 is 1.71 bits per heavy atom.